The van der Waals surface area contributed by atoms with Gasteiger partial charge in [-0.05, 0) is 42.9 Å². The molecule has 1 aromatic heterocycles. The third-order valence-electron chi connectivity index (χ3n) is 4.72. The van der Waals surface area contributed by atoms with Crippen LogP contribution in [0.5, 0.6) is 0 Å². The summed E-state index contributed by atoms with van der Waals surface area (Å²) in [6.45, 7) is 3.26. The summed E-state index contributed by atoms with van der Waals surface area (Å²) >= 11 is 6.03. The molecule has 1 N–H and O–H groups in total. The van der Waals surface area contributed by atoms with Gasteiger partial charge in [-0.2, -0.15) is 0 Å². The van der Waals surface area contributed by atoms with E-state index >= 15 is 0 Å². The van der Waals surface area contributed by atoms with Crippen LogP contribution >= 0.6 is 11.6 Å². The highest BCUT2D eigenvalue weighted by Crippen LogP contribution is 2.34. The average Bonchev–Trinajstić information content (AvgIpc) is 2.96. The number of fused-ring (bicyclic) bond motifs is 1. The smallest absolute Gasteiger partial charge is 0.214 e. The standard InChI is InChI=1S/C17H23ClN2O2S/c1-2-3-10-23(21,22)20-8-6-13(7-9-20)16-12-19-17-11-14(18)4-5-15(16)17/h4-5,11-13,19H,2-3,6-10H2,1H3. The summed E-state index contributed by atoms with van der Waals surface area (Å²) in [6.07, 6.45) is 5.45. The number of rotatable bonds is 5. The van der Waals surface area contributed by atoms with Gasteiger partial charge in [0.1, 0.15) is 0 Å². The van der Waals surface area contributed by atoms with Crippen molar-refractivity contribution >= 4 is 32.5 Å². The first-order chi connectivity index (χ1) is 11.0. The maximum absolute atomic E-state index is 12.3. The summed E-state index contributed by atoms with van der Waals surface area (Å²) in [5.41, 5.74) is 2.33. The van der Waals surface area contributed by atoms with Crippen LogP contribution in [0.2, 0.25) is 5.02 Å². The van der Waals surface area contributed by atoms with Gasteiger partial charge in [-0.25, -0.2) is 12.7 Å². The maximum Gasteiger partial charge on any atom is 0.214 e. The highest BCUT2D eigenvalue weighted by atomic mass is 35.5. The molecule has 3 rings (SSSR count). The first-order valence-electron chi connectivity index (χ1n) is 8.25. The molecule has 0 amide bonds. The molecule has 2 heterocycles. The van der Waals surface area contributed by atoms with Gasteiger partial charge < -0.3 is 4.98 Å². The molecule has 0 spiro atoms. The summed E-state index contributed by atoms with van der Waals surface area (Å²) in [7, 11) is -3.08. The van der Waals surface area contributed by atoms with Crippen LogP contribution in [-0.4, -0.2) is 36.5 Å². The Hall–Kier alpha value is -1.04. The molecule has 6 heteroatoms. The molecule has 1 saturated heterocycles. The number of nitrogens with one attached hydrogen (secondary N) is 1. The van der Waals surface area contributed by atoms with E-state index in [0.717, 1.165) is 36.2 Å². The molecule has 0 unspecified atom stereocenters. The van der Waals surface area contributed by atoms with Gasteiger partial charge in [0.05, 0.1) is 5.75 Å². The van der Waals surface area contributed by atoms with Gasteiger partial charge in [0, 0.05) is 35.2 Å². The zero-order valence-corrected chi connectivity index (χ0v) is 15.0. The SMILES string of the molecule is CCCCS(=O)(=O)N1CCC(c2c[nH]c3cc(Cl)ccc23)CC1. The third kappa shape index (κ3) is 3.57. The Balaban J connectivity index is 1.71. The summed E-state index contributed by atoms with van der Waals surface area (Å²) in [6, 6.07) is 5.89. The van der Waals surface area contributed by atoms with E-state index in [0.29, 0.717) is 19.0 Å². The van der Waals surface area contributed by atoms with E-state index in [2.05, 4.69) is 4.98 Å². The second kappa shape index (κ2) is 6.83. The number of hydrogen-bond acceptors (Lipinski definition) is 2. The van der Waals surface area contributed by atoms with Gasteiger partial charge in [-0.15, -0.1) is 0 Å². The predicted molar refractivity (Wildman–Crippen MR) is 95.6 cm³/mol. The Labute approximate surface area is 142 Å². The monoisotopic (exact) mass is 354 g/mol. The minimum atomic E-state index is -3.08. The van der Waals surface area contributed by atoms with Crippen molar-refractivity contribution in [3.8, 4) is 0 Å². The largest absolute Gasteiger partial charge is 0.361 e. The van der Waals surface area contributed by atoms with E-state index in [1.165, 1.54) is 10.9 Å². The van der Waals surface area contributed by atoms with Crippen LogP contribution in [0.25, 0.3) is 10.9 Å². The lowest BCUT2D eigenvalue weighted by molar-refractivity contribution is 0.320. The molecule has 0 bridgehead atoms. The Morgan fingerprint density at radius 2 is 2.04 bits per heavy atom. The summed E-state index contributed by atoms with van der Waals surface area (Å²) in [4.78, 5) is 3.28. The number of sulfonamides is 1. The molecular weight excluding hydrogens is 332 g/mol. The van der Waals surface area contributed by atoms with Crippen molar-refractivity contribution in [3.05, 3.63) is 35.0 Å². The molecule has 1 aliphatic rings. The maximum atomic E-state index is 12.3. The lowest BCUT2D eigenvalue weighted by Crippen LogP contribution is -2.39. The Kier molecular flexibility index (Phi) is 4.99. The van der Waals surface area contributed by atoms with E-state index < -0.39 is 10.0 Å². The van der Waals surface area contributed by atoms with Crippen LogP contribution in [0.1, 0.15) is 44.1 Å². The van der Waals surface area contributed by atoms with E-state index in [4.69, 9.17) is 11.6 Å². The molecule has 2 aromatic rings. The molecule has 0 radical (unpaired) electrons. The third-order valence-corrected chi connectivity index (χ3v) is 6.91. The minimum absolute atomic E-state index is 0.278. The van der Waals surface area contributed by atoms with Crippen LogP contribution in [-0.2, 0) is 10.0 Å². The van der Waals surface area contributed by atoms with Crippen molar-refractivity contribution < 1.29 is 8.42 Å². The van der Waals surface area contributed by atoms with Gasteiger partial charge >= 0.3 is 0 Å². The number of piperidine rings is 1. The van der Waals surface area contributed by atoms with Gasteiger partial charge in [0.25, 0.3) is 0 Å². The molecule has 4 nitrogen and oxygen atoms in total. The van der Waals surface area contributed by atoms with Crippen LogP contribution in [0, 0.1) is 0 Å². The lowest BCUT2D eigenvalue weighted by atomic mass is 9.90. The number of halogens is 1. The molecule has 1 aromatic carbocycles. The summed E-state index contributed by atoms with van der Waals surface area (Å²) in [5.74, 6) is 0.683. The number of hydrogen-bond donors (Lipinski definition) is 1. The van der Waals surface area contributed by atoms with Crippen LogP contribution in [0.15, 0.2) is 24.4 Å². The van der Waals surface area contributed by atoms with Gasteiger partial charge in [0.2, 0.25) is 10.0 Å². The fraction of sp³-hybridized carbons (Fsp3) is 0.529. The highest BCUT2D eigenvalue weighted by molar-refractivity contribution is 7.89. The average molecular weight is 355 g/mol. The first-order valence-corrected chi connectivity index (χ1v) is 10.2. The van der Waals surface area contributed by atoms with Crippen LogP contribution in [0.3, 0.4) is 0 Å². The van der Waals surface area contributed by atoms with Gasteiger partial charge in [0.15, 0.2) is 0 Å². The number of H-pyrrole nitrogens is 1. The second-order valence-corrected chi connectivity index (χ2v) is 8.80. The zero-order valence-electron chi connectivity index (χ0n) is 13.4. The molecule has 1 aliphatic heterocycles. The van der Waals surface area contributed by atoms with Gasteiger partial charge in [-0.1, -0.05) is 31.0 Å². The number of aromatic nitrogens is 1. The van der Waals surface area contributed by atoms with Crippen LogP contribution < -0.4 is 0 Å². The van der Waals surface area contributed by atoms with Crippen molar-refractivity contribution in [2.45, 2.75) is 38.5 Å². The molecule has 0 aliphatic carbocycles. The Bertz CT molecular complexity index is 777. The normalized spacial score (nSPS) is 17.8. The van der Waals surface area contributed by atoms with Crippen molar-refractivity contribution in [1.29, 1.82) is 0 Å². The zero-order chi connectivity index (χ0) is 16.4. The lowest BCUT2D eigenvalue weighted by Gasteiger charge is -2.31. The topological polar surface area (TPSA) is 53.2 Å². The van der Waals surface area contributed by atoms with Crippen molar-refractivity contribution in [2.75, 3.05) is 18.8 Å². The summed E-state index contributed by atoms with van der Waals surface area (Å²) < 4.78 is 26.3. The Morgan fingerprint density at radius 3 is 2.74 bits per heavy atom. The fourth-order valence-electron chi connectivity index (χ4n) is 3.36. The highest BCUT2D eigenvalue weighted by Gasteiger charge is 2.29. The quantitative estimate of drug-likeness (QED) is 0.877. The number of unbranched alkanes of at least 4 members (excludes halogenated alkanes) is 1. The number of benzene rings is 1. The molecule has 1 fully saturated rings. The van der Waals surface area contributed by atoms with E-state index in [-0.39, 0.29) is 5.75 Å². The molecule has 126 valence electrons. The second-order valence-electron chi connectivity index (χ2n) is 6.28. The van der Waals surface area contributed by atoms with E-state index in [1.54, 1.807) is 4.31 Å². The van der Waals surface area contributed by atoms with Crippen LogP contribution in [0.4, 0.5) is 0 Å². The molecular formula is C17H23ClN2O2S. The van der Waals surface area contributed by atoms with Crippen molar-refractivity contribution in [3.63, 3.8) is 0 Å². The fourth-order valence-corrected chi connectivity index (χ4v) is 5.21. The predicted octanol–water partition coefficient (Wildman–Crippen LogP) is 4.13. The number of nitrogens with zero attached hydrogens (tertiary/aromatic N) is 1. The first kappa shape index (κ1) is 16.8. The number of aromatic amines is 1. The van der Waals surface area contributed by atoms with E-state index in [9.17, 15) is 8.42 Å². The van der Waals surface area contributed by atoms with Gasteiger partial charge in [-0.3, -0.25) is 0 Å². The molecule has 0 atom stereocenters. The molecule has 0 saturated carbocycles. The van der Waals surface area contributed by atoms with Crippen molar-refractivity contribution in [2.24, 2.45) is 0 Å². The Morgan fingerprint density at radius 1 is 1.30 bits per heavy atom. The van der Waals surface area contributed by atoms with Crippen molar-refractivity contribution in [1.82, 2.24) is 9.29 Å². The minimum Gasteiger partial charge on any atom is -0.361 e. The van der Waals surface area contributed by atoms with E-state index in [1.807, 2.05) is 31.3 Å². The summed E-state index contributed by atoms with van der Waals surface area (Å²) in [5, 5.41) is 1.92. The molecule has 23 heavy (non-hydrogen) atoms.